The Hall–Kier alpha value is -2.49. The highest BCUT2D eigenvalue weighted by Gasteiger charge is 2.22. The zero-order chi connectivity index (χ0) is 18.5. The first-order chi connectivity index (χ1) is 12.6. The fourth-order valence-electron chi connectivity index (χ4n) is 3.49. The summed E-state index contributed by atoms with van der Waals surface area (Å²) in [6.45, 7) is 2.37. The summed E-state index contributed by atoms with van der Waals surface area (Å²) in [5.74, 6) is 1.66. The van der Waals surface area contributed by atoms with Gasteiger partial charge in [-0.15, -0.1) is 0 Å². The summed E-state index contributed by atoms with van der Waals surface area (Å²) in [5, 5.41) is 0. The Balaban J connectivity index is 1.63. The summed E-state index contributed by atoms with van der Waals surface area (Å²) in [6, 6.07) is 13.9. The van der Waals surface area contributed by atoms with Gasteiger partial charge < -0.3 is 14.4 Å². The average molecular weight is 353 g/mol. The molecule has 0 saturated heterocycles. The lowest BCUT2D eigenvalue weighted by atomic mass is 9.91. The summed E-state index contributed by atoms with van der Waals surface area (Å²) < 4.78 is 11.2. The van der Waals surface area contributed by atoms with Crippen molar-refractivity contribution in [1.29, 1.82) is 0 Å². The van der Waals surface area contributed by atoms with Crippen molar-refractivity contribution in [3.63, 3.8) is 0 Å². The Morgan fingerprint density at radius 3 is 2.58 bits per heavy atom. The molecule has 2 aromatic carbocycles. The van der Waals surface area contributed by atoms with Gasteiger partial charge in [-0.2, -0.15) is 0 Å². The van der Waals surface area contributed by atoms with Gasteiger partial charge in [0, 0.05) is 13.6 Å². The first-order valence-electron chi connectivity index (χ1n) is 9.24. The van der Waals surface area contributed by atoms with Crippen molar-refractivity contribution in [2.45, 2.75) is 45.3 Å². The Morgan fingerprint density at radius 1 is 1.12 bits per heavy atom. The average Bonchev–Trinajstić information content (AvgIpc) is 2.68. The van der Waals surface area contributed by atoms with Crippen LogP contribution in [0.1, 0.15) is 36.5 Å². The third-order valence-corrected chi connectivity index (χ3v) is 4.96. The predicted molar refractivity (Wildman–Crippen MR) is 103 cm³/mol. The molecule has 4 nitrogen and oxygen atoms in total. The topological polar surface area (TPSA) is 38.8 Å². The van der Waals surface area contributed by atoms with Gasteiger partial charge in [0.05, 0.1) is 7.11 Å². The van der Waals surface area contributed by atoms with E-state index in [0.29, 0.717) is 6.54 Å². The van der Waals surface area contributed by atoms with Gasteiger partial charge in [0.15, 0.2) is 6.10 Å². The number of benzene rings is 2. The van der Waals surface area contributed by atoms with E-state index < -0.39 is 6.10 Å². The summed E-state index contributed by atoms with van der Waals surface area (Å²) in [6.07, 6.45) is 4.05. The Labute approximate surface area is 155 Å². The lowest BCUT2D eigenvalue weighted by Crippen LogP contribution is -2.37. The molecule has 0 heterocycles. The smallest absolute Gasteiger partial charge is 0.263 e. The van der Waals surface area contributed by atoms with Crippen molar-refractivity contribution >= 4 is 5.91 Å². The van der Waals surface area contributed by atoms with E-state index in [1.54, 1.807) is 12.0 Å². The maximum Gasteiger partial charge on any atom is 0.263 e. The molecule has 3 rings (SSSR count). The second-order valence-electron chi connectivity index (χ2n) is 6.90. The monoisotopic (exact) mass is 353 g/mol. The first-order valence-corrected chi connectivity index (χ1v) is 9.24. The van der Waals surface area contributed by atoms with Crippen molar-refractivity contribution in [2.75, 3.05) is 14.2 Å². The molecule has 0 fully saturated rings. The lowest BCUT2D eigenvalue weighted by molar-refractivity contribution is -0.137. The summed E-state index contributed by atoms with van der Waals surface area (Å²) in [5.41, 5.74) is 3.70. The fourth-order valence-corrected chi connectivity index (χ4v) is 3.49. The first kappa shape index (κ1) is 18.3. The van der Waals surface area contributed by atoms with Crippen LogP contribution in [0.5, 0.6) is 11.5 Å². The molecule has 1 aliphatic carbocycles. The lowest BCUT2D eigenvalue weighted by Gasteiger charge is -2.25. The molecule has 138 valence electrons. The largest absolute Gasteiger partial charge is 0.497 e. The zero-order valence-electron chi connectivity index (χ0n) is 15.8. The number of rotatable bonds is 6. The van der Waals surface area contributed by atoms with Crippen molar-refractivity contribution in [3.05, 3.63) is 59.2 Å². The number of nitrogens with zero attached hydrogens (tertiary/aromatic N) is 1. The van der Waals surface area contributed by atoms with Gasteiger partial charge in [-0.3, -0.25) is 4.79 Å². The molecule has 0 spiro atoms. The van der Waals surface area contributed by atoms with Gasteiger partial charge in [-0.05, 0) is 67.5 Å². The molecule has 0 radical (unpaired) electrons. The molecule has 0 unspecified atom stereocenters. The Bertz CT molecular complexity index is 754. The van der Waals surface area contributed by atoms with E-state index >= 15 is 0 Å². The number of fused-ring (bicyclic) bond motifs is 1. The van der Waals surface area contributed by atoms with Crippen LogP contribution < -0.4 is 9.47 Å². The summed E-state index contributed by atoms with van der Waals surface area (Å²) >= 11 is 0. The Morgan fingerprint density at radius 2 is 1.85 bits per heavy atom. The normalized spacial score (nSPS) is 14.3. The maximum absolute atomic E-state index is 12.7. The predicted octanol–water partition coefficient (Wildman–Crippen LogP) is 4.00. The molecule has 26 heavy (non-hydrogen) atoms. The second-order valence-corrected chi connectivity index (χ2v) is 6.90. The minimum atomic E-state index is -0.508. The molecule has 2 aromatic rings. The van der Waals surface area contributed by atoms with Crippen LogP contribution in [0.25, 0.3) is 0 Å². The van der Waals surface area contributed by atoms with Crippen molar-refractivity contribution < 1.29 is 14.3 Å². The fraction of sp³-hybridized carbons (Fsp3) is 0.409. The molecule has 1 aliphatic rings. The number of carbonyl (C=O) groups excluding carboxylic acids is 1. The summed E-state index contributed by atoms with van der Waals surface area (Å²) in [4.78, 5) is 14.4. The van der Waals surface area contributed by atoms with E-state index in [-0.39, 0.29) is 5.91 Å². The second kappa shape index (κ2) is 8.26. The minimum Gasteiger partial charge on any atom is -0.497 e. The van der Waals surface area contributed by atoms with Gasteiger partial charge in [-0.25, -0.2) is 0 Å². The zero-order valence-corrected chi connectivity index (χ0v) is 15.8. The number of methoxy groups -OCH3 is 1. The molecule has 0 aromatic heterocycles. The van der Waals surface area contributed by atoms with Crippen LogP contribution in [0.4, 0.5) is 0 Å². The van der Waals surface area contributed by atoms with E-state index in [1.165, 1.54) is 24.0 Å². The van der Waals surface area contributed by atoms with Crippen molar-refractivity contribution in [3.8, 4) is 11.5 Å². The van der Waals surface area contributed by atoms with Crippen LogP contribution in [0.15, 0.2) is 42.5 Å². The summed E-state index contributed by atoms with van der Waals surface area (Å²) in [7, 11) is 3.46. The standard InChI is InChI=1S/C22H27NO3/c1-16(26-21-10-6-8-18-7-4-5-9-20(18)21)22(24)23(2)15-17-11-13-19(25-3)14-12-17/h6,8,10-14,16H,4-5,7,9,15H2,1-3H3/t16-/m1/s1. The Kier molecular flexibility index (Phi) is 5.82. The van der Waals surface area contributed by atoms with E-state index in [4.69, 9.17) is 9.47 Å². The quantitative estimate of drug-likeness (QED) is 0.788. The molecule has 4 heteroatoms. The number of amides is 1. The van der Waals surface area contributed by atoms with Gasteiger partial charge in [-0.1, -0.05) is 24.3 Å². The third kappa shape index (κ3) is 4.18. The SMILES string of the molecule is COc1ccc(CN(C)C(=O)[C@@H](C)Oc2cccc3c2CCCC3)cc1. The molecular formula is C22H27NO3. The van der Waals surface area contributed by atoms with Crippen LogP contribution in [-0.2, 0) is 24.2 Å². The number of ether oxygens (including phenoxy) is 2. The molecule has 0 N–H and O–H groups in total. The van der Waals surface area contributed by atoms with E-state index in [2.05, 4.69) is 6.07 Å². The number of hydrogen-bond acceptors (Lipinski definition) is 3. The van der Waals surface area contributed by atoms with E-state index in [0.717, 1.165) is 29.9 Å². The third-order valence-electron chi connectivity index (χ3n) is 4.96. The van der Waals surface area contributed by atoms with Gasteiger partial charge in [0.2, 0.25) is 0 Å². The molecule has 1 amide bonds. The highest BCUT2D eigenvalue weighted by Crippen LogP contribution is 2.30. The highest BCUT2D eigenvalue weighted by atomic mass is 16.5. The van der Waals surface area contributed by atoms with Gasteiger partial charge >= 0.3 is 0 Å². The van der Waals surface area contributed by atoms with E-state index in [9.17, 15) is 4.79 Å². The van der Waals surface area contributed by atoms with E-state index in [1.807, 2.05) is 50.4 Å². The molecule has 1 atom stereocenters. The van der Waals surface area contributed by atoms with Crippen LogP contribution in [0.3, 0.4) is 0 Å². The minimum absolute atomic E-state index is 0.0192. The number of carbonyl (C=O) groups is 1. The highest BCUT2D eigenvalue weighted by molar-refractivity contribution is 5.80. The van der Waals surface area contributed by atoms with Crippen LogP contribution >= 0.6 is 0 Å². The number of aryl methyl sites for hydroxylation is 1. The molecule has 0 bridgehead atoms. The number of hydrogen-bond donors (Lipinski definition) is 0. The van der Waals surface area contributed by atoms with Crippen molar-refractivity contribution in [2.24, 2.45) is 0 Å². The van der Waals surface area contributed by atoms with Crippen LogP contribution in [0.2, 0.25) is 0 Å². The maximum atomic E-state index is 12.7. The van der Waals surface area contributed by atoms with Gasteiger partial charge in [0.1, 0.15) is 11.5 Å². The van der Waals surface area contributed by atoms with Gasteiger partial charge in [0.25, 0.3) is 5.91 Å². The molecule has 0 saturated carbocycles. The van der Waals surface area contributed by atoms with Crippen LogP contribution in [-0.4, -0.2) is 31.1 Å². The molecule has 0 aliphatic heterocycles. The number of likely N-dealkylation sites (N-methyl/N-ethyl adjacent to an activating group) is 1. The van der Waals surface area contributed by atoms with Crippen LogP contribution in [0, 0.1) is 0 Å². The van der Waals surface area contributed by atoms with Crippen molar-refractivity contribution in [1.82, 2.24) is 4.90 Å². The molecular weight excluding hydrogens is 326 g/mol.